The van der Waals surface area contributed by atoms with Gasteiger partial charge in [0.05, 0.1) is 21.7 Å². The number of fused-ring (bicyclic) bond motifs is 1. The first kappa shape index (κ1) is 25.8. The number of sulfonamides is 1. The molecule has 192 valence electrons. The van der Waals surface area contributed by atoms with Crippen molar-refractivity contribution in [1.82, 2.24) is 9.55 Å². The number of carbonyl (C=O) groups is 1. The average Bonchev–Trinajstić information content (AvgIpc) is 3.32. The topological polar surface area (TPSA) is 124 Å². The number of anilines is 1. The molecule has 0 atom stereocenters. The monoisotopic (exact) mass is 566 g/mol. The van der Waals surface area contributed by atoms with E-state index in [0.717, 1.165) is 11.8 Å². The van der Waals surface area contributed by atoms with E-state index >= 15 is 0 Å². The van der Waals surface area contributed by atoms with Gasteiger partial charge in [-0.2, -0.15) is 0 Å². The second-order valence-electron chi connectivity index (χ2n) is 8.11. The zero-order valence-electron chi connectivity index (χ0n) is 19.5. The number of benzene rings is 3. The second-order valence-corrected chi connectivity index (χ2v) is 11.5. The Kier molecular flexibility index (Phi) is 7.13. The van der Waals surface area contributed by atoms with Crippen molar-refractivity contribution in [3.05, 3.63) is 100 Å². The van der Waals surface area contributed by atoms with Crippen LogP contribution in [0.25, 0.3) is 27.0 Å². The van der Waals surface area contributed by atoms with E-state index in [1.807, 2.05) is 11.4 Å². The van der Waals surface area contributed by atoms with Crippen LogP contribution in [-0.2, 0) is 14.8 Å². The number of carbonyl (C=O) groups excluding carboxylic acids is 1. The fourth-order valence-electron chi connectivity index (χ4n) is 3.77. The molecule has 0 fully saturated rings. The van der Waals surface area contributed by atoms with Gasteiger partial charge in [-0.15, -0.1) is 11.3 Å². The highest BCUT2D eigenvalue weighted by molar-refractivity contribution is 7.99. The van der Waals surface area contributed by atoms with Crippen molar-refractivity contribution in [3.8, 4) is 16.8 Å². The van der Waals surface area contributed by atoms with Gasteiger partial charge < -0.3 is 5.32 Å². The Morgan fingerprint density at radius 2 is 1.71 bits per heavy atom. The minimum Gasteiger partial charge on any atom is -0.325 e. The van der Waals surface area contributed by atoms with Crippen LogP contribution in [0.1, 0.15) is 0 Å². The smallest absolute Gasteiger partial charge is 0.268 e. The van der Waals surface area contributed by atoms with Crippen molar-refractivity contribution in [2.45, 2.75) is 10.1 Å². The molecule has 0 saturated carbocycles. The van der Waals surface area contributed by atoms with Crippen LogP contribution in [0, 0.1) is 5.82 Å². The fourth-order valence-corrected chi connectivity index (χ4v) is 6.09. The fraction of sp³-hybridized carbons (Fsp3) is 0.0385. The summed E-state index contributed by atoms with van der Waals surface area (Å²) in [5.74, 6) is -0.798. The third-order valence-corrected chi connectivity index (χ3v) is 8.29. The molecule has 5 rings (SSSR count). The molecule has 12 heteroatoms. The van der Waals surface area contributed by atoms with Gasteiger partial charge in [0.2, 0.25) is 15.9 Å². The van der Waals surface area contributed by atoms with Crippen LogP contribution in [0.4, 0.5) is 10.1 Å². The maximum absolute atomic E-state index is 13.8. The molecule has 2 heterocycles. The SMILES string of the molecule is NS(=O)(=O)c1ccc(NC(=O)CSc2nc3scc(-c4ccc(F)cc4)c3c(=O)n2-c2ccccc2)cc1. The first-order chi connectivity index (χ1) is 18.2. The highest BCUT2D eigenvalue weighted by Gasteiger charge is 2.19. The van der Waals surface area contributed by atoms with Gasteiger partial charge >= 0.3 is 0 Å². The zero-order valence-corrected chi connectivity index (χ0v) is 21.9. The molecule has 5 aromatic rings. The van der Waals surface area contributed by atoms with Crippen LogP contribution in [0.5, 0.6) is 0 Å². The van der Waals surface area contributed by atoms with Gasteiger partial charge in [-0.1, -0.05) is 42.1 Å². The zero-order chi connectivity index (χ0) is 26.9. The van der Waals surface area contributed by atoms with Crippen molar-refractivity contribution in [1.29, 1.82) is 0 Å². The number of thiophene rings is 1. The molecule has 38 heavy (non-hydrogen) atoms. The molecule has 8 nitrogen and oxygen atoms in total. The molecule has 2 aromatic heterocycles. The second kappa shape index (κ2) is 10.5. The van der Waals surface area contributed by atoms with E-state index in [1.165, 1.54) is 52.3 Å². The summed E-state index contributed by atoms with van der Waals surface area (Å²) in [7, 11) is -3.84. The minimum atomic E-state index is -3.84. The van der Waals surface area contributed by atoms with Crippen LogP contribution in [0.2, 0.25) is 0 Å². The number of hydrogen-bond acceptors (Lipinski definition) is 7. The third-order valence-electron chi connectivity index (χ3n) is 5.55. The molecule has 0 unspecified atom stereocenters. The van der Waals surface area contributed by atoms with E-state index in [4.69, 9.17) is 10.1 Å². The predicted molar refractivity (Wildman–Crippen MR) is 148 cm³/mol. The minimum absolute atomic E-state index is 0.0576. The van der Waals surface area contributed by atoms with Crippen LogP contribution >= 0.6 is 23.1 Å². The summed E-state index contributed by atoms with van der Waals surface area (Å²) >= 11 is 2.39. The lowest BCUT2D eigenvalue weighted by atomic mass is 10.1. The number of aromatic nitrogens is 2. The van der Waals surface area contributed by atoms with E-state index < -0.39 is 10.0 Å². The number of nitrogens with two attached hydrogens (primary N) is 1. The van der Waals surface area contributed by atoms with Gasteiger partial charge in [-0.25, -0.2) is 22.9 Å². The first-order valence-electron chi connectivity index (χ1n) is 11.1. The molecular weight excluding hydrogens is 548 g/mol. The van der Waals surface area contributed by atoms with E-state index in [2.05, 4.69) is 5.32 Å². The number of primary sulfonamides is 1. The molecule has 3 N–H and O–H groups in total. The molecule has 0 spiro atoms. The Hall–Kier alpha value is -3.84. The number of halogens is 1. The van der Waals surface area contributed by atoms with Gasteiger partial charge in [-0.05, 0) is 54.1 Å². The lowest BCUT2D eigenvalue weighted by Crippen LogP contribution is -2.22. The van der Waals surface area contributed by atoms with E-state index in [9.17, 15) is 22.4 Å². The van der Waals surface area contributed by atoms with Crippen molar-refractivity contribution in [2.75, 3.05) is 11.1 Å². The lowest BCUT2D eigenvalue weighted by molar-refractivity contribution is -0.113. The standard InChI is InChI=1S/C26H19FN4O4S3/c27-17-8-6-16(7-9-17)21-14-36-24-23(21)25(33)31(19-4-2-1-3-5-19)26(30-24)37-15-22(32)29-18-10-12-20(13-11-18)38(28,34)35/h1-14H,15H2,(H,29,32)(H2,28,34,35). The quantitative estimate of drug-likeness (QED) is 0.219. The molecule has 0 bridgehead atoms. The highest BCUT2D eigenvalue weighted by Crippen LogP contribution is 2.33. The highest BCUT2D eigenvalue weighted by atomic mass is 32.2. The van der Waals surface area contributed by atoms with Gasteiger partial charge in [0.15, 0.2) is 5.16 Å². The summed E-state index contributed by atoms with van der Waals surface area (Å²) in [4.78, 5) is 31.6. The first-order valence-corrected chi connectivity index (χ1v) is 14.5. The summed E-state index contributed by atoms with van der Waals surface area (Å²) < 4.78 is 37.8. The summed E-state index contributed by atoms with van der Waals surface area (Å²) in [6.45, 7) is 0. The van der Waals surface area contributed by atoms with Gasteiger partial charge in [0.25, 0.3) is 5.56 Å². The van der Waals surface area contributed by atoms with E-state index in [1.54, 1.807) is 36.4 Å². The number of para-hydroxylation sites is 1. The third kappa shape index (κ3) is 5.38. The summed E-state index contributed by atoms with van der Waals surface area (Å²) in [5, 5.41) is 10.4. The molecule has 0 aliphatic rings. The number of nitrogens with zero attached hydrogens (tertiary/aromatic N) is 2. The molecule has 0 saturated heterocycles. The molecular formula is C26H19FN4O4S3. The number of thioether (sulfide) groups is 1. The summed E-state index contributed by atoms with van der Waals surface area (Å²) in [6.07, 6.45) is 0. The Morgan fingerprint density at radius 3 is 2.37 bits per heavy atom. The van der Waals surface area contributed by atoms with Gasteiger partial charge in [0, 0.05) is 16.6 Å². The Bertz CT molecular complexity index is 1800. The predicted octanol–water partition coefficient (Wildman–Crippen LogP) is 4.63. The van der Waals surface area contributed by atoms with Crippen LogP contribution in [-0.4, -0.2) is 29.6 Å². The summed E-state index contributed by atoms with van der Waals surface area (Å²) in [6, 6.07) is 20.4. The molecule has 3 aromatic carbocycles. The van der Waals surface area contributed by atoms with Gasteiger partial charge in [-0.3, -0.25) is 14.2 Å². The van der Waals surface area contributed by atoms with Crippen LogP contribution in [0.15, 0.2) is 99.1 Å². The number of rotatable bonds is 7. The Labute approximate surface area is 225 Å². The van der Waals surface area contributed by atoms with Crippen LogP contribution in [0.3, 0.4) is 0 Å². The molecule has 0 radical (unpaired) electrons. The van der Waals surface area contributed by atoms with E-state index in [-0.39, 0.29) is 27.9 Å². The Morgan fingerprint density at radius 1 is 1.03 bits per heavy atom. The van der Waals surface area contributed by atoms with Crippen LogP contribution < -0.4 is 16.0 Å². The number of amides is 1. The Balaban J connectivity index is 1.47. The van der Waals surface area contributed by atoms with Crippen molar-refractivity contribution >= 4 is 54.9 Å². The summed E-state index contributed by atoms with van der Waals surface area (Å²) in [5.41, 5.74) is 2.04. The van der Waals surface area contributed by atoms with Crippen molar-refractivity contribution in [2.24, 2.45) is 5.14 Å². The largest absolute Gasteiger partial charge is 0.325 e. The maximum atomic E-state index is 13.8. The molecule has 0 aliphatic carbocycles. The van der Waals surface area contributed by atoms with Crippen molar-refractivity contribution in [3.63, 3.8) is 0 Å². The van der Waals surface area contributed by atoms with E-state index in [0.29, 0.717) is 37.9 Å². The average molecular weight is 567 g/mol. The number of nitrogens with one attached hydrogen (secondary N) is 1. The normalized spacial score (nSPS) is 11.5. The molecule has 0 aliphatic heterocycles. The number of hydrogen-bond donors (Lipinski definition) is 2. The lowest BCUT2D eigenvalue weighted by Gasteiger charge is -2.13. The maximum Gasteiger partial charge on any atom is 0.268 e. The molecule has 1 amide bonds. The van der Waals surface area contributed by atoms with Gasteiger partial charge in [0.1, 0.15) is 10.6 Å². The van der Waals surface area contributed by atoms with Crippen molar-refractivity contribution < 1.29 is 17.6 Å².